The number of carbonyl (C=O) groups excluding carboxylic acids is 2. The molecule has 0 spiro atoms. The lowest BCUT2D eigenvalue weighted by Crippen LogP contribution is -2.34. The van der Waals surface area contributed by atoms with Gasteiger partial charge >= 0.3 is 0 Å². The Morgan fingerprint density at radius 1 is 1.23 bits per heavy atom. The quantitative estimate of drug-likeness (QED) is 0.477. The second-order valence-electron chi connectivity index (χ2n) is 5.63. The molecule has 132 valence electrons. The van der Waals surface area contributed by atoms with Crippen molar-refractivity contribution in [3.05, 3.63) is 69.0 Å². The monoisotopic (exact) mass is 429 g/mol. The first kappa shape index (κ1) is 18.3. The van der Waals surface area contributed by atoms with Crippen LogP contribution in [0.4, 0.5) is 0 Å². The number of hydrogen-bond acceptors (Lipinski definition) is 4. The predicted octanol–water partition coefficient (Wildman–Crippen LogP) is 3.85. The van der Waals surface area contributed by atoms with Crippen LogP contribution in [0.5, 0.6) is 0 Å². The van der Waals surface area contributed by atoms with Gasteiger partial charge in [-0.2, -0.15) is 5.10 Å². The van der Waals surface area contributed by atoms with Crippen LogP contribution in [0.3, 0.4) is 0 Å². The predicted molar refractivity (Wildman–Crippen MR) is 109 cm³/mol. The van der Waals surface area contributed by atoms with E-state index in [2.05, 4.69) is 31.8 Å². The first-order valence-electron chi connectivity index (χ1n) is 7.87. The largest absolute Gasteiger partial charge is 0.343 e. The summed E-state index contributed by atoms with van der Waals surface area (Å²) < 4.78 is 2.01. The maximum absolute atomic E-state index is 12.1. The van der Waals surface area contributed by atoms with Crippen molar-refractivity contribution >= 4 is 55.4 Å². The summed E-state index contributed by atoms with van der Waals surface area (Å²) in [7, 11) is 0. The summed E-state index contributed by atoms with van der Waals surface area (Å²) in [6.45, 7) is 1.79. The molecule has 26 heavy (non-hydrogen) atoms. The average Bonchev–Trinajstić information content (AvgIpc) is 3.05. The van der Waals surface area contributed by atoms with E-state index in [1.807, 2.05) is 42.6 Å². The zero-order chi connectivity index (χ0) is 18.5. The fourth-order valence-corrected chi connectivity index (χ4v) is 3.60. The summed E-state index contributed by atoms with van der Waals surface area (Å²) in [5.74, 6) is -0.700. The molecule has 0 aliphatic heterocycles. The summed E-state index contributed by atoms with van der Waals surface area (Å²) in [4.78, 5) is 23.9. The number of rotatable bonds is 5. The third-order valence-corrected chi connectivity index (χ3v) is 5.58. The van der Waals surface area contributed by atoms with Crippen LogP contribution in [0, 0.1) is 6.92 Å². The van der Waals surface area contributed by atoms with Crippen LogP contribution in [0.1, 0.15) is 21.5 Å². The number of carbonyl (C=O) groups is 2. The maximum atomic E-state index is 12.1. The van der Waals surface area contributed by atoms with Gasteiger partial charge in [0.25, 0.3) is 11.8 Å². The lowest BCUT2D eigenvalue weighted by atomic mass is 10.1. The van der Waals surface area contributed by atoms with Crippen LogP contribution >= 0.6 is 27.3 Å². The number of aryl methyl sites for hydroxylation is 1. The number of hydrogen-bond donors (Lipinski definition) is 2. The Kier molecular flexibility index (Phi) is 5.80. The van der Waals surface area contributed by atoms with Crippen molar-refractivity contribution in [1.29, 1.82) is 0 Å². The van der Waals surface area contributed by atoms with Crippen molar-refractivity contribution in [3.63, 3.8) is 0 Å². The van der Waals surface area contributed by atoms with Crippen LogP contribution in [0.2, 0.25) is 0 Å². The summed E-state index contributed by atoms with van der Waals surface area (Å²) in [5, 5.41) is 9.61. The minimum atomic E-state index is -0.389. The van der Waals surface area contributed by atoms with Crippen LogP contribution in [-0.2, 0) is 4.79 Å². The maximum Gasteiger partial charge on any atom is 0.259 e. The highest BCUT2D eigenvalue weighted by atomic mass is 79.9. The van der Waals surface area contributed by atoms with Gasteiger partial charge < -0.3 is 5.32 Å². The average molecular weight is 430 g/mol. The molecule has 0 saturated carbocycles. The van der Waals surface area contributed by atoms with Crippen LogP contribution < -0.4 is 10.7 Å². The molecule has 0 bridgehead atoms. The lowest BCUT2D eigenvalue weighted by Gasteiger charge is -2.06. The molecular weight excluding hydrogens is 414 g/mol. The van der Waals surface area contributed by atoms with Gasteiger partial charge in [-0.15, -0.1) is 11.3 Å². The molecular formula is C19H16BrN3O2S. The number of fused-ring (bicyclic) bond motifs is 1. The Morgan fingerprint density at radius 2 is 2.04 bits per heavy atom. The van der Waals surface area contributed by atoms with E-state index in [-0.39, 0.29) is 18.4 Å². The molecule has 2 aromatic carbocycles. The molecule has 1 heterocycles. The Labute approximate surface area is 163 Å². The van der Waals surface area contributed by atoms with Crippen LogP contribution in [0.25, 0.3) is 10.1 Å². The van der Waals surface area contributed by atoms with Crippen molar-refractivity contribution in [1.82, 2.24) is 10.7 Å². The molecule has 0 aliphatic carbocycles. The first-order valence-corrected chi connectivity index (χ1v) is 9.54. The number of hydrazone groups is 1. The van der Waals surface area contributed by atoms with E-state index in [1.165, 1.54) is 0 Å². The number of benzene rings is 2. The molecule has 2 N–H and O–H groups in total. The Balaban J connectivity index is 1.52. The second kappa shape index (κ2) is 8.25. The minimum Gasteiger partial charge on any atom is -0.343 e. The zero-order valence-electron chi connectivity index (χ0n) is 14.0. The minimum absolute atomic E-state index is 0.147. The van der Waals surface area contributed by atoms with Gasteiger partial charge in [0, 0.05) is 31.1 Å². The lowest BCUT2D eigenvalue weighted by molar-refractivity contribution is -0.120. The van der Waals surface area contributed by atoms with Gasteiger partial charge in [-0.3, -0.25) is 9.59 Å². The number of thiophene rings is 1. The van der Waals surface area contributed by atoms with E-state index in [4.69, 9.17) is 0 Å². The third kappa shape index (κ3) is 4.36. The van der Waals surface area contributed by atoms with E-state index in [1.54, 1.807) is 29.7 Å². The highest BCUT2D eigenvalue weighted by molar-refractivity contribution is 9.10. The topological polar surface area (TPSA) is 70.6 Å². The molecule has 7 heteroatoms. The molecule has 3 aromatic rings. The Bertz CT molecular complexity index is 997. The molecule has 0 unspecified atom stereocenters. The SMILES string of the molecule is Cc1ccc(C(=O)NCC(=O)N/N=C/c2csc3ccccc23)cc1Br. The van der Waals surface area contributed by atoms with Gasteiger partial charge in [0.15, 0.2) is 0 Å². The molecule has 0 radical (unpaired) electrons. The van der Waals surface area contributed by atoms with Crippen molar-refractivity contribution < 1.29 is 9.59 Å². The van der Waals surface area contributed by atoms with E-state index in [9.17, 15) is 9.59 Å². The number of amides is 2. The molecule has 5 nitrogen and oxygen atoms in total. The molecule has 0 aliphatic rings. The van der Waals surface area contributed by atoms with E-state index in [0.717, 1.165) is 25.7 Å². The smallest absolute Gasteiger partial charge is 0.259 e. The van der Waals surface area contributed by atoms with Gasteiger partial charge in [-0.05, 0) is 30.7 Å². The summed E-state index contributed by atoms with van der Waals surface area (Å²) >= 11 is 5.01. The van der Waals surface area contributed by atoms with Gasteiger partial charge in [0.05, 0.1) is 12.8 Å². The molecule has 3 rings (SSSR count). The molecule has 0 atom stereocenters. The Hall–Kier alpha value is -2.51. The zero-order valence-corrected chi connectivity index (χ0v) is 16.4. The number of nitrogens with one attached hydrogen (secondary N) is 2. The highest BCUT2D eigenvalue weighted by Gasteiger charge is 2.09. The van der Waals surface area contributed by atoms with Gasteiger partial charge in [-0.25, -0.2) is 5.43 Å². The van der Waals surface area contributed by atoms with Crippen molar-refractivity contribution in [3.8, 4) is 0 Å². The molecule has 1 aromatic heterocycles. The van der Waals surface area contributed by atoms with Crippen molar-refractivity contribution in [2.75, 3.05) is 6.54 Å². The van der Waals surface area contributed by atoms with Gasteiger partial charge in [0.1, 0.15) is 0 Å². The summed E-state index contributed by atoms with van der Waals surface area (Å²) in [5.41, 5.74) is 4.89. The molecule has 0 fully saturated rings. The van der Waals surface area contributed by atoms with Gasteiger partial charge in [0.2, 0.25) is 0 Å². The Morgan fingerprint density at radius 3 is 2.85 bits per heavy atom. The molecule has 0 saturated heterocycles. The van der Waals surface area contributed by atoms with Crippen LogP contribution in [0.15, 0.2) is 57.4 Å². The summed E-state index contributed by atoms with van der Waals surface area (Å²) in [6.07, 6.45) is 1.61. The van der Waals surface area contributed by atoms with E-state index in [0.29, 0.717) is 5.56 Å². The molecule has 2 amide bonds. The van der Waals surface area contributed by atoms with Crippen molar-refractivity contribution in [2.24, 2.45) is 5.10 Å². The van der Waals surface area contributed by atoms with E-state index < -0.39 is 0 Å². The third-order valence-electron chi connectivity index (χ3n) is 3.75. The normalized spacial score (nSPS) is 11.0. The number of nitrogens with zero attached hydrogens (tertiary/aromatic N) is 1. The van der Waals surface area contributed by atoms with Crippen molar-refractivity contribution in [2.45, 2.75) is 6.92 Å². The highest BCUT2D eigenvalue weighted by Crippen LogP contribution is 2.24. The van der Waals surface area contributed by atoms with E-state index >= 15 is 0 Å². The standard InChI is InChI=1S/C19H16BrN3O2S/c1-12-6-7-13(8-16(12)20)19(25)21-10-18(24)23-22-9-14-11-26-17-5-3-2-4-15(14)17/h2-9,11H,10H2,1H3,(H,21,25)(H,23,24)/b22-9+. The second-order valence-corrected chi connectivity index (χ2v) is 7.39. The fraction of sp³-hybridized carbons (Fsp3) is 0.105. The first-order chi connectivity index (χ1) is 12.5. The summed E-state index contributed by atoms with van der Waals surface area (Å²) in [6, 6.07) is 13.3. The number of halogens is 1. The van der Waals surface area contributed by atoms with Crippen LogP contribution in [-0.4, -0.2) is 24.6 Å². The van der Waals surface area contributed by atoms with Gasteiger partial charge in [-0.1, -0.05) is 40.2 Å². The fourth-order valence-electron chi connectivity index (χ4n) is 2.31.